The molecule has 0 fully saturated rings. The number of aryl methyl sites for hydroxylation is 1. The van der Waals surface area contributed by atoms with E-state index >= 15 is 0 Å². The van der Waals surface area contributed by atoms with Crippen molar-refractivity contribution < 1.29 is 14.3 Å². The fourth-order valence-corrected chi connectivity index (χ4v) is 1.51. The number of hydrogen-bond donors (Lipinski definition) is 0. The summed E-state index contributed by atoms with van der Waals surface area (Å²) in [6.07, 6.45) is 0.213. The Morgan fingerprint density at radius 3 is 2.95 bits per heavy atom. The highest BCUT2D eigenvalue weighted by Crippen LogP contribution is 2.19. The Bertz CT molecular complexity index is 568. The minimum atomic E-state index is -0.305. The lowest BCUT2D eigenvalue weighted by atomic mass is 10.2. The Hall–Kier alpha value is -2.44. The maximum Gasteiger partial charge on any atom is 0.307 e. The third-order valence-electron chi connectivity index (χ3n) is 2.52. The van der Waals surface area contributed by atoms with Gasteiger partial charge in [0.1, 0.15) is 5.75 Å². The highest BCUT2D eigenvalue weighted by Gasteiger charge is 2.08. The molecule has 0 saturated heterocycles. The van der Waals surface area contributed by atoms with Gasteiger partial charge in [-0.25, -0.2) is 0 Å². The van der Waals surface area contributed by atoms with Crippen molar-refractivity contribution in [3.63, 3.8) is 0 Å². The van der Waals surface area contributed by atoms with Gasteiger partial charge in [0.2, 0.25) is 5.82 Å². The summed E-state index contributed by atoms with van der Waals surface area (Å²) in [4.78, 5) is 12.4. The van der Waals surface area contributed by atoms with Crippen LogP contribution in [0.3, 0.4) is 0 Å². The smallest absolute Gasteiger partial charge is 0.307 e. The second-order valence-electron chi connectivity index (χ2n) is 3.77. The van der Waals surface area contributed by atoms with E-state index in [1.54, 1.807) is 7.11 Å². The maximum atomic E-state index is 11.0. The van der Waals surface area contributed by atoms with Crippen LogP contribution in [0.4, 0.5) is 0 Å². The number of carbonyl (C=O) groups is 1. The molecule has 1 heterocycles. The summed E-state index contributed by atoms with van der Waals surface area (Å²) in [5, 5.41) is 12.0. The first-order valence-corrected chi connectivity index (χ1v) is 5.72. The summed E-state index contributed by atoms with van der Waals surface area (Å²) < 4.78 is 9.68. The Balaban J connectivity index is 2.09. The van der Waals surface area contributed by atoms with Crippen LogP contribution in [0.1, 0.15) is 6.42 Å². The van der Waals surface area contributed by atoms with Gasteiger partial charge in [-0.15, -0.1) is 10.2 Å². The van der Waals surface area contributed by atoms with Gasteiger partial charge in [-0.1, -0.05) is 12.1 Å². The standard InChI is InChI=1S/C12H14N4O3/c1-18-10-5-3-4-9(8-10)12-13-15-16(14-12)7-6-11(17)19-2/h3-5,8H,6-7H2,1-2H3. The van der Waals surface area contributed by atoms with Crippen molar-refractivity contribution in [1.29, 1.82) is 0 Å². The zero-order valence-corrected chi connectivity index (χ0v) is 10.7. The summed E-state index contributed by atoms with van der Waals surface area (Å²) in [5.41, 5.74) is 0.809. The predicted molar refractivity (Wildman–Crippen MR) is 66.4 cm³/mol. The molecule has 1 aromatic heterocycles. The van der Waals surface area contributed by atoms with Gasteiger partial charge in [-0.2, -0.15) is 4.80 Å². The first kappa shape index (κ1) is 13.0. The lowest BCUT2D eigenvalue weighted by Crippen LogP contribution is -2.09. The number of benzene rings is 1. The lowest BCUT2D eigenvalue weighted by Gasteiger charge is -2.00. The molecular formula is C12H14N4O3. The van der Waals surface area contributed by atoms with Crippen LogP contribution in [0.15, 0.2) is 24.3 Å². The third-order valence-corrected chi connectivity index (χ3v) is 2.52. The van der Waals surface area contributed by atoms with Crippen molar-refractivity contribution in [3.05, 3.63) is 24.3 Å². The zero-order valence-electron chi connectivity index (χ0n) is 10.7. The van der Waals surface area contributed by atoms with Gasteiger partial charge in [-0.05, 0) is 17.3 Å². The molecule has 0 N–H and O–H groups in total. The number of nitrogens with zero attached hydrogens (tertiary/aromatic N) is 4. The van der Waals surface area contributed by atoms with Gasteiger partial charge in [0.15, 0.2) is 0 Å². The van der Waals surface area contributed by atoms with Crippen LogP contribution in [0.25, 0.3) is 11.4 Å². The molecular weight excluding hydrogens is 248 g/mol. The fraction of sp³-hybridized carbons (Fsp3) is 0.333. The summed E-state index contributed by atoms with van der Waals surface area (Å²) in [7, 11) is 2.94. The first-order valence-electron chi connectivity index (χ1n) is 5.72. The average molecular weight is 262 g/mol. The molecule has 0 saturated carbocycles. The lowest BCUT2D eigenvalue weighted by molar-refractivity contribution is -0.140. The van der Waals surface area contributed by atoms with Crippen LogP contribution in [-0.4, -0.2) is 40.4 Å². The molecule has 0 aliphatic rings. The largest absolute Gasteiger partial charge is 0.497 e. The van der Waals surface area contributed by atoms with Crippen molar-refractivity contribution in [2.24, 2.45) is 0 Å². The number of aromatic nitrogens is 4. The molecule has 2 rings (SSSR count). The Labute approximate surface area is 110 Å². The van der Waals surface area contributed by atoms with Crippen molar-refractivity contribution in [2.45, 2.75) is 13.0 Å². The zero-order chi connectivity index (χ0) is 13.7. The van der Waals surface area contributed by atoms with Crippen molar-refractivity contribution in [1.82, 2.24) is 20.2 Å². The van der Waals surface area contributed by atoms with Crippen LogP contribution in [0.5, 0.6) is 5.75 Å². The van der Waals surface area contributed by atoms with Gasteiger partial charge in [0.25, 0.3) is 0 Å². The van der Waals surface area contributed by atoms with Crippen LogP contribution < -0.4 is 4.74 Å². The molecule has 0 aliphatic carbocycles. The van der Waals surface area contributed by atoms with E-state index in [1.165, 1.54) is 11.9 Å². The minimum absolute atomic E-state index is 0.213. The quantitative estimate of drug-likeness (QED) is 0.745. The molecule has 7 heteroatoms. The molecule has 19 heavy (non-hydrogen) atoms. The van der Waals surface area contributed by atoms with Crippen molar-refractivity contribution in [3.8, 4) is 17.1 Å². The van der Waals surface area contributed by atoms with Gasteiger partial charge < -0.3 is 9.47 Å². The molecule has 0 atom stereocenters. The summed E-state index contributed by atoms with van der Waals surface area (Å²) in [6, 6.07) is 7.38. The van der Waals surface area contributed by atoms with E-state index in [9.17, 15) is 4.79 Å². The SMILES string of the molecule is COC(=O)CCn1nnc(-c2cccc(OC)c2)n1. The molecule has 0 amide bonds. The monoisotopic (exact) mass is 262 g/mol. The maximum absolute atomic E-state index is 11.0. The molecule has 7 nitrogen and oxygen atoms in total. The van der Waals surface area contributed by atoms with E-state index in [2.05, 4.69) is 20.1 Å². The summed E-state index contributed by atoms with van der Waals surface area (Å²) in [6.45, 7) is 0.337. The minimum Gasteiger partial charge on any atom is -0.497 e. The molecule has 100 valence electrons. The molecule has 0 unspecified atom stereocenters. The number of tetrazole rings is 1. The van der Waals surface area contributed by atoms with E-state index < -0.39 is 0 Å². The third kappa shape index (κ3) is 3.27. The molecule has 0 bridgehead atoms. The fourth-order valence-electron chi connectivity index (χ4n) is 1.51. The van der Waals surface area contributed by atoms with Crippen LogP contribution >= 0.6 is 0 Å². The van der Waals surface area contributed by atoms with Gasteiger partial charge >= 0.3 is 5.97 Å². The van der Waals surface area contributed by atoms with E-state index in [-0.39, 0.29) is 12.4 Å². The van der Waals surface area contributed by atoms with Crippen LogP contribution in [0.2, 0.25) is 0 Å². The van der Waals surface area contributed by atoms with E-state index in [4.69, 9.17) is 4.74 Å². The van der Waals surface area contributed by atoms with Gasteiger partial charge in [-0.3, -0.25) is 4.79 Å². The second kappa shape index (κ2) is 5.94. The average Bonchev–Trinajstić information content (AvgIpc) is 2.93. The molecule has 0 radical (unpaired) electrons. The summed E-state index contributed by atoms with van der Waals surface area (Å²) >= 11 is 0. The van der Waals surface area contributed by atoms with Gasteiger partial charge in [0.05, 0.1) is 27.2 Å². The molecule has 0 aliphatic heterocycles. The number of rotatable bonds is 5. The number of methoxy groups -OCH3 is 2. The first-order chi connectivity index (χ1) is 9.22. The van der Waals surface area contributed by atoms with E-state index in [1.807, 2.05) is 24.3 Å². The topological polar surface area (TPSA) is 79.1 Å². The Kier molecular flexibility index (Phi) is 4.07. The Morgan fingerprint density at radius 1 is 1.37 bits per heavy atom. The van der Waals surface area contributed by atoms with Crippen LogP contribution in [-0.2, 0) is 16.1 Å². The normalized spacial score (nSPS) is 10.2. The van der Waals surface area contributed by atoms with Crippen molar-refractivity contribution >= 4 is 5.97 Å². The number of carbonyl (C=O) groups excluding carboxylic acids is 1. The number of hydrogen-bond acceptors (Lipinski definition) is 6. The predicted octanol–water partition coefficient (Wildman–Crippen LogP) is 0.912. The molecule has 2 aromatic rings. The molecule has 1 aromatic carbocycles. The Morgan fingerprint density at radius 2 is 2.21 bits per heavy atom. The van der Waals surface area contributed by atoms with E-state index in [0.29, 0.717) is 12.4 Å². The van der Waals surface area contributed by atoms with Gasteiger partial charge in [0, 0.05) is 5.56 Å². The number of ether oxygens (including phenoxy) is 2. The highest BCUT2D eigenvalue weighted by molar-refractivity contribution is 5.68. The highest BCUT2D eigenvalue weighted by atomic mass is 16.5. The summed E-state index contributed by atoms with van der Waals surface area (Å²) in [5.74, 6) is 0.910. The van der Waals surface area contributed by atoms with E-state index in [0.717, 1.165) is 11.3 Å². The van der Waals surface area contributed by atoms with Crippen LogP contribution in [0, 0.1) is 0 Å². The molecule has 0 spiro atoms. The number of esters is 1. The van der Waals surface area contributed by atoms with Crippen molar-refractivity contribution in [2.75, 3.05) is 14.2 Å². The second-order valence-corrected chi connectivity index (χ2v) is 3.77.